The van der Waals surface area contributed by atoms with Crippen LogP contribution in [0.4, 0.5) is 0 Å². The lowest BCUT2D eigenvalue weighted by Gasteiger charge is -2.26. The van der Waals surface area contributed by atoms with E-state index in [9.17, 15) is 4.79 Å². The molecule has 0 atom stereocenters. The lowest BCUT2D eigenvalue weighted by atomic mass is 10.1. The molecule has 2 rings (SSSR count). The zero-order valence-electron chi connectivity index (χ0n) is 10.1. The van der Waals surface area contributed by atoms with Crippen molar-refractivity contribution in [3.05, 3.63) is 15.9 Å². The van der Waals surface area contributed by atoms with E-state index in [0.717, 1.165) is 36.3 Å². The molecule has 2 heterocycles. The topological polar surface area (TPSA) is 61.0 Å². The third-order valence-electron chi connectivity index (χ3n) is 2.92. The van der Waals surface area contributed by atoms with Crippen LogP contribution in [0.1, 0.15) is 35.9 Å². The predicted octanol–water partition coefficient (Wildman–Crippen LogP) is 1.34. The van der Waals surface area contributed by atoms with Crippen molar-refractivity contribution in [2.24, 2.45) is 0 Å². The molecule has 1 amide bonds. The van der Waals surface area contributed by atoms with Crippen LogP contribution < -0.4 is 5.32 Å². The van der Waals surface area contributed by atoms with Gasteiger partial charge in [-0.2, -0.15) is 5.10 Å². The molecule has 0 aliphatic carbocycles. The monoisotopic (exact) mass is 300 g/mol. The summed E-state index contributed by atoms with van der Waals surface area (Å²) in [7, 11) is 0. The second-order valence-corrected chi connectivity index (χ2v) is 5.29. The highest BCUT2D eigenvalue weighted by Crippen LogP contribution is 2.26. The molecule has 0 saturated carbocycles. The van der Waals surface area contributed by atoms with E-state index in [2.05, 4.69) is 45.3 Å². The van der Waals surface area contributed by atoms with Gasteiger partial charge in [-0.25, -0.2) is 0 Å². The normalized spacial score (nSPS) is 16.6. The van der Waals surface area contributed by atoms with Gasteiger partial charge < -0.3 is 10.2 Å². The molecule has 0 bridgehead atoms. The summed E-state index contributed by atoms with van der Waals surface area (Å²) in [5.74, 6) is 0.322. The van der Waals surface area contributed by atoms with E-state index < -0.39 is 0 Å². The van der Waals surface area contributed by atoms with Gasteiger partial charge in [0.05, 0.1) is 10.2 Å². The first kappa shape index (κ1) is 12.6. The first-order valence-electron chi connectivity index (χ1n) is 5.85. The van der Waals surface area contributed by atoms with Gasteiger partial charge in [0, 0.05) is 26.2 Å². The van der Waals surface area contributed by atoms with Crippen molar-refractivity contribution < 1.29 is 4.79 Å². The van der Waals surface area contributed by atoms with E-state index in [1.54, 1.807) is 0 Å². The Morgan fingerprint density at radius 1 is 1.41 bits per heavy atom. The lowest BCUT2D eigenvalue weighted by Crippen LogP contribution is -2.46. The van der Waals surface area contributed by atoms with Crippen molar-refractivity contribution in [1.29, 1.82) is 0 Å². The van der Waals surface area contributed by atoms with Gasteiger partial charge in [-0.1, -0.05) is 13.8 Å². The van der Waals surface area contributed by atoms with Crippen LogP contribution in [0.3, 0.4) is 0 Å². The number of piperazine rings is 1. The summed E-state index contributed by atoms with van der Waals surface area (Å²) in [5.41, 5.74) is 1.47. The predicted molar refractivity (Wildman–Crippen MR) is 69.1 cm³/mol. The number of rotatable bonds is 2. The summed E-state index contributed by atoms with van der Waals surface area (Å²) in [6, 6.07) is 0. The van der Waals surface area contributed by atoms with E-state index in [1.165, 1.54) is 0 Å². The minimum atomic E-state index is 0.00141. The van der Waals surface area contributed by atoms with Gasteiger partial charge in [0.15, 0.2) is 5.69 Å². The zero-order valence-corrected chi connectivity index (χ0v) is 11.7. The smallest absolute Gasteiger partial charge is 0.275 e. The number of nitrogens with zero attached hydrogens (tertiary/aromatic N) is 2. The molecular weight excluding hydrogens is 284 g/mol. The maximum absolute atomic E-state index is 12.2. The quantitative estimate of drug-likeness (QED) is 0.866. The molecule has 1 saturated heterocycles. The van der Waals surface area contributed by atoms with Crippen LogP contribution in [0.2, 0.25) is 0 Å². The number of aromatic nitrogens is 2. The van der Waals surface area contributed by atoms with Crippen LogP contribution in [0.5, 0.6) is 0 Å². The highest BCUT2D eigenvalue weighted by molar-refractivity contribution is 9.10. The maximum Gasteiger partial charge on any atom is 0.275 e. The average molecular weight is 301 g/mol. The number of hydrogen-bond acceptors (Lipinski definition) is 3. The fourth-order valence-corrected chi connectivity index (χ4v) is 2.69. The number of amides is 1. The molecule has 17 heavy (non-hydrogen) atoms. The number of nitrogens with one attached hydrogen (secondary N) is 2. The summed E-state index contributed by atoms with van der Waals surface area (Å²) in [6.07, 6.45) is 0. The summed E-state index contributed by atoms with van der Waals surface area (Å²) >= 11 is 3.46. The van der Waals surface area contributed by atoms with Gasteiger partial charge in [0.25, 0.3) is 5.91 Å². The third-order valence-corrected chi connectivity index (χ3v) is 3.72. The first-order valence-corrected chi connectivity index (χ1v) is 6.64. The summed E-state index contributed by atoms with van der Waals surface area (Å²) < 4.78 is 0.802. The Morgan fingerprint density at radius 2 is 2.06 bits per heavy atom. The van der Waals surface area contributed by atoms with Crippen molar-refractivity contribution in [3.63, 3.8) is 0 Å². The summed E-state index contributed by atoms with van der Waals surface area (Å²) in [4.78, 5) is 14.1. The van der Waals surface area contributed by atoms with E-state index in [0.29, 0.717) is 11.6 Å². The Bertz CT molecular complexity index is 410. The molecule has 1 aromatic heterocycles. The van der Waals surface area contributed by atoms with Gasteiger partial charge in [-0.3, -0.25) is 9.89 Å². The standard InChI is InChI=1S/C11H17BrN4O/c1-7(2)9-8(12)10(15-14-9)11(17)16-5-3-13-4-6-16/h7,13H,3-6H2,1-2H3,(H,14,15). The van der Waals surface area contributed by atoms with Crippen molar-refractivity contribution in [2.45, 2.75) is 19.8 Å². The summed E-state index contributed by atoms with van der Waals surface area (Å²) in [6.45, 7) is 7.33. The van der Waals surface area contributed by atoms with Gasteiger partial charge in [-0.15, -0.1) is 0 Å². The molecule has 0 radical (unpaired) electrons. The molecule has 0 aromatic carbocycles. The summed E-state index contributed by atoms with van der Waals surface area (Å²) in [5, 5.41) is 10.3. The molecule has 94 valence electrons. The first-order chi connectivity index (χ1) is 8.11. The zero-order chi connectivity index (χ0) is 12.4. The third kappa shape index (κ3) is 2.52. The molecule has 1 aliphatic heterocycles. The average Bonchev–Trinajstić information content (AvgIpc) is 2.71. The largest absolute Gasteiger partial charge is 0.335 e. The number of hydrogen-bond donors (Lipinski definition) is 2. The van der Waals surface area contributed by atoms with Crippen LogP contribution >= 0.6 is 15.9 Å². The Morgan fingerprint density at radius 3 is 2.59 bits per heavy atom. The van der Waals surface area contributed by atoms with Crippen LogP contribution in [0.15, 0.2) is 4.47 Å². The van der Waals surface area contributed by atoms with Gasteiger partial charge >= 0.3 is 0 Å². The second kappa shape index (κ2) is 5.18. The fourth-order valence-electron chi connectivity index (χ4n) is 1.88. The fraction of sp³-hybridized carbons (Fsp3) is 0.636. The SMILES string of the molecule is CC(C)c1[nH]nc(C(=O)N2CCNCC2)c1Br. The second-order valence-electron chi connectivity index (χ2n) is 4.50. The number of halogens is 1. The van der Waals surface area contributed by atoms with E-state index in [-0.39, 0.29) is 5.91 Å². The minimum Gasteiger partial charge on any atom is -0.335 e. The van der Waals surface area contributed by atoms with Crippen LogP contribution in [-0.2, 0) is 0 Å². The Kier molecular flexibility index (Phi) is 3.83. The molecule has 6 heteroatoms. The minimum absolute atomic E-state index is 0.00141. The molecule has 2 N–H and O–H groups in total. The van der Waals surface area contributed by atoms with Crippen molar-refractivity contribution in [3.8, 4) is 0 Å². The van der Waals surface area contributed by atoms with Crippen LogP contribution in [0.25, 0.3) is 0 Å². The molecule has 5 nitrogen and oxygen atoms in total. The van der Waals surface area contributed by atoms with E-state index in [1.807, 2.05) is 4.90 Å². The number of H-pyrrole nitrogens is 1. The Labute approximate surface area is 109 Å². The highest BCUT2D eigenvalue weighted by Gasteiger charge is 2.24. The Hall–Kier alpha value is -0.880. The van der Waals surface area contributed by atoms with Crippen LogP contribution in [-0.4, -0.2) is 47.2 Å². The van der Waals surface area contributed by atoms with Crippen molar-refractivity contribution in [2.75, 3.05) is 26.2 Å². The lowest BCUT2D eigenvalue weighted by molar-refractivity contribution is 0.0729. The molecular formula is C11H17BrN4O. The van der Waals surface area contributed by atoms with Crippen LogP contribution in [0, 0.1) is 0 Å². The molecule has 0 spiro atoms. The van der Waals surface area contributed by atoms with Gasteiger partial charge in [0.2, 0.25) is 0 Å². The number of aromatic amines is 1. The number of carbonyl (C=O) groups excluding carboxylic acids is 1. The maximum atomic E-state index is 12.2. The van der Waals surface area contributed by atoms with Crippen molar-refractivity contribution >= 4 is 21.8 Å². The molecule has 1 aromatic rings. The van der Waals surface area contributed by atoms with Crippen molar-refractivity contribution in [1.82, 2.24) is 20.4 Å². The molecule has 0 unspecified atom stereocenters. The van der Waals surface area contributed by atoms with E-state index in [4.69, 9.17) is 0 Å². The van der Waals surface area contributed by atoms with E-state index >= 15 is 0 Å². The highest BCUT2D eigenvalue weighted by atomic mass is 79.9. The Balaban J connectivity index is 2.19. The van der Waals surface area contributed by atoms with Gasteiger partial charge in [0.1, 0.15) is 0 Å². The molecule has 1 fully saturated rings. The van der Waals surface area contributed by atoms with Gasteiger partial charge in [-0.05, 0) is 21.8 Å². The molecule has 1 aliphatic rings. The number of carbonyl (C=O) groups is 1.